The summed E-state index contributed by atoms with van der Waals surface area (Å²) in [7, 11) is -3.47. The van der Waals surface area contributed by atoms with Crippen molar-refractivity contribution >= 4 is 45.3 Å². The average Bonchev–Trinajstić information content (AvgIpc) is 3.57. The van der Waals surface area contributed by atoms with E-state index in [1.165, 1.54) is 21.6 Å². The Labute approximate surface area is 278 Å². The number of amides is 3. The molecular formula is C30H55N3O11S2. The summed E-state index contributed by atoms with van der Waals surface area (Å²) in [4.78, 5) is 50.4. The third-order valence-corrected chi connectivity index (χ3v) is 7.72. The lowest BCUT2D eigenvalue weighted by Crippen LogP contribution is -2.36. The second-order valence-electron chi connectivity index (χ2n) is 14.5. The summed E-state index contributed by atoms with van der Waals surface area (Å²) in [6.07, 6.45) is 1.14. The van der Waals surface area contributed by atoms with Gasteiger partial charge in [0.25, 0.3) is 10.1 Å². The van der Waals surface area contributed by atoms with Crippen molar-refractivity contribution in [3.8, 4) is 0 Å². The highest BCUT2D eigenvalue weighted by atomic mass is 32.2. The maximum atomic E-state index is 11.7. The van der Waals surface area contributed by atoms with E-state index < -0.39 is 39.1 Å². The van der Waals surface area contributed by atoms with E-state index in [4.69, 9.17) is 18.4 Å². The maximum absolute atomic E-state index is 11.7. The van der Waals surface area contributed by atoms with Crippen LogP contribution in [0.2, 0.25) is 0 Å². The zero-order valence-electron chi connectivity index (χ0n) is 29.3. The van der Waals surface area contributed by atoms with Gasteiger partial charge in [0, 0.05) is 44.9 Å². The van der Waals surface area contributed by atoms with Crippen LogP contribution in [-0.2, 0) is 33.3 Å². The highest BCUT2D eigenvalue weighted by Gasteiger charge is 2.33. The van der Waals surface area contributed by atoms with Crippen molar-refractivity contribution in [3.05, 3.63) is 0 Å². The predicted octanol–water partition coefficient (Wildman–Crippen LogP) is 4.24. The number of aliphatic hydroxyl groups excluding tert-OH is 1. The Morgan fingerprint density at radius 1 is 0.674 bits per heavy atom. The molecule has 0 saturated carbocycles. The molecule has 0 aromatic heterocycles. The van der Waals surface area contributed by atoms with Crippen molar-refractivity contribution < 1.29 is 51.1 Å². The third-order valence-electron chi connectivity index (χ3n) is 6.05. The number of rotatable bonds is 3. The number of hydrogen-bond acceptors (Lipinski definition) is 12. The second kappa shape index (κ2) is 17.2. The van der Waals surface area contributed by atoms with Gasteiger partial charge in [-0.15, -0.1) is 0 Å². The number of β-amino-alcohol motifs (C(OH)–C–C–N with tert-alkyl or cyclic N) is 1. The lowest BCUT2D eigenvalue weighted by Gasteiger charge is -2.24. The van der Waals surface area contributed by atoms with Crippen LogP contribution in [-0.4, -0.2) is 131 Å². The molecule has 0 aromatic rings. The average molecular weight is 698 g/mol. The summed E-state index contributed by atoms with van der Waals surface area (Å²) < 4.78 is 42.3. The minimum atomic E-state index is -3.47. The molecule has 3 atom stereocenters. The van der Waals surface area contributed by atoms with Crippen LogP contribution in [0.4, 0.5) is 14.4 Å². The molecule has 16 heteroatoms. The van der Waals surface area contributed by atoms with Gasteiger partial charge in [-0.25, -0.2) is 14.4 Å². The Morgan fingerprint density at radius 3 is 1.43 bits per heavy atom. The molecule has 0 aromatic carbocycles. The molecule has 46 heavy (non-hydrogen) atoms. The predicted molar refractivity (Wildman–Crippen MR) is 175 cm³/mol. The van der Waals surface area contributed by atoms with Gasteiger partial charge in [0.15, 0.2) is 5.12 Å². The van der Waals surface area contributed by atoms with Crippen LogP contribution in [0.15, 0.2) is 0 Å². The normalized spacial score (nSPS) is 21.9. The first-order chi connectivity index (χ1) is 20.7. The SMILES string of the molecule is CC(=O)S[C@@H]1CCN(C(=O)OC(C)(C)C)C1.CC(C)(C)OC(=O)N1CC[C@H](O)C1.CC(C)(C)OC(=O)N1CC[C@H](OS(C)(=O)=O)C1. The van der Waals surface area contributed by atoms with E-state index in [2.05, 4.69) is 0 Å². The molecule has 3 amide bonds. The van der Waals surface area contributed by atoms with E-state index in [9.17, 15) is 32.7 Å². The number of likely N-dealkylation sites (tertiary alicyclic amines) is 3. The summed E-state index contributed by atoms with van der Waals surface area (Å²) in [6.45, 7) is 20.9. The number of carbonyl (C=O) groups excluding carboxylic acids is 4. The molecule has 3 heterocycles. The van der Waals surface area contributed by atoms with Gasteiger partial charge < -0.3 is 34.0 Å². The Balaban J connectivity index is 0.000000348. The number of hydrogen-bond donors (Lipinski definition) is 1. The Bertz CT molecular complexity index is 1140. The largest absolute Gasteiger partial charge is 0.444 e. The number of thioether (sulfide) groups is 1. The quantitative estimate of drug-likeness (QED) is 0.329. The molecule has 0 spiro atoms. The fraction of sp³-hybridized carbons (Fsp3) is 0.867. The topological polar surface area (TPSA) is 169 Å². The minimum Gasteiger partial charge on any atom is -0.444 e. The lowest BCUT2D eigenvalue weighted by molar-refractivity contribution is -0.109. The number of nitrogens with zero attached hydrogens (tertiary/aromatic N) is 3. The van der Waals surface area contributed by atoms with E-state index in [1.54, 1.807) is 32.6 Å². The van der Waals surface area contributed by atoms with Crippen molar-refractivity contribution in [3.63, 3.8) is 0 Å². The van der Waals surface area contributed by atoms with Gasteiger partial charge in [0.1, 0.15) is 16.8 Å². The van der Waals surface area contributed by atoms with Gasteiger partial charge >= 0.3 is 18.3 Å². The van der Waals surface area contributed by atoms with Crippen molar-refractivity contribution in [1.82, 2.24) is 14.7 Å². The van der Waals surface area contributed by atoms with Crippen molar-refractivity contribution in [1.29, 1.82) is 0 Å². The Morgan fingerprint density at radius 2 is 1.07 bits per heavy atom. The Kier molecular flexibility index (Phi) is 15.6. The molecule has 3 saturated heterocycles. The zero-order chi connectivity index (χ0) is 35.7. The molecule has 0 bridgehead atoms. The highest BCUT2D eigenvalue weighted by Crippen LogP contribution is 2.24. The summed E-state index contributed by atoms with van der Waals surface area (Å²) in [5.74, 6) is 0. The minimum absolute atomic E-state index is 0.107. The van der Waals surface area contributed by atoms with Crippen LogP contribution in [0.25, 0.3) is 0 Å². The van der Waals surface area contributed by atoms with Gasteiger partial charge in [0.2, 0.25) is 0 Å². The van der Waals surface area contributed by atoms with Gasteiger partial charge in [-0.05, 0) is 81.6 Å². The molecule has 0 aliphatic carbocycles. The Hall–Kier alpha value is -2.30. The molecule has 3 fully saturated rings. The highest BCUT2D eigenvalue weighted by molar-refractivity contribution is 8.14. The van der Waals surface area contributed by atoms with Crippen molar-refractivity contribution in [2.75, 3.05) is 45.5 Å². The van der Waals surface area contributed by atoms with E-state index in [0.717, 1.165) is 12.7 Å². The van der Waals surface area contributed by atoms with Crippen LogP contribution >= 0.6 is 11.8 Å². The summed E-state index contributed by atoms with van der Waals surface area (Å²) >= 11 is 1.31. The van der Waals surface area contributed by atoms with Crippen LogP contribution in [0.1, 0.15) is 88.5 Å². The van der Waals surface area contributed by atoms with Crippen LogP contribution in [0.5, 0.6) is 0 Å². The molecule has 0 unspecified atom stereocenters. The van der Waals surface area contributed by atoms with Crippen LogP contribution in [0.3, 0.4) is 0 Å². The summed E-state index contributed by atoms with van der Waals surface area (Å²) in [5.41, 5.74) is -1.46. The molecule has 3 aliphatic heterocycles. The standard InChI is InChI=1S/C11H19NO3S.C10H19NO5S.C9H17NO3/c1-8(13)16-9-5-6-12(7-9)10(14)15-11(2,3)4;1-10(2,3)15-9(12)11-6-5-8(7-11)16-17(4,13)14;1-9(2,3)13-8(12)10-5-4-7(11)6-10/h9H,5-7H2,1-4H3;8H,5-7H2,1-4H3;7,11H,4-6H2,1-3H3/t9-;8-;7-/m100/s1. The monoisotopic (exact) mass is 697 g/mol. The first-order valence-electron chi connectivity index (χ1n) is 15.4. The lowest BCUT2D eigenvalue weighted by atomic mass is 10.2. The van der Waals surface area contributed by atoms with E-state index in [0.29, 0.717) is 45.6 Å². The molecular weight excluding hydrogens is 642 g/mol. The fourth-order valence-electron chi connectivity index (χ4n) is 4.33. The first-order valence-corrected chi connectivity index (χ1v) is 18.1. The fourth-order valence-corrected chi connectivity index (χ4v) is 5.93. The molecule has 268 valence electrons. The molecule has 14 nitrogen and oxygen atoms in total. The smallest absolute Gasteiger partial charge is 0.410 e. The summed E-state index contributed by atoms with van der Waals surface area (Å²) in [6, 6.07) is 0. The van der Waals surface area contributed by atoms with Gasteiger partial charge in [-0.1, -0.05) is 11.8 Å². The second-order valence-corrected chi connectivity index (χ2v) is 17.5. The van der Waals surface area contributed by atoms with Crippen LogP contribution in [0, 0.1) is 0 Å². The third kappa shape index (κ3) is 18.7. The molecule has 3 rings (SSSR count). The van der Waals surface area contributed by atoms with E-state index >= 15 is 0 Å². The molecule has 1 N–H and O–H groups in total. The van der Waals surface area contributed by atoms with Gasteiger partial charge in [-0.2, -0.15) is 8.42 Å². The first kappa shape index (κ1) is 41.7. The van der Waals surface area contributed by atoms with Gasteiger partial charge in [-0.3, -0.25) is 8.98 Å². The van der Waals surface area contributed by atoms with Crippen LogP contribution < -0.4 is 0 Å². The van der Waals surface area contributed by atoms with E-state index in [-0.39, 0.29) is 35.2 Å². The molecule has 3 aliphatic rings. The summed E-state index contributed by atoms with van der Waals surface area (Å²) in [5, 5.41) is 9.53. The molecule has 0 radical (unpaired) electrons. The number of aliphatic hydroxyl groups is 1. The van der Waals surface area contributed by atoms with E-state index in [1.807, 2.05) is 41.5 Å². The van der Waals surface area contributed by atoms with Crippen molar-refractivity contribution in [2.24, 2.45) is 0 Å². The number of carbonyl (C=O) groups is 4. The maximum Gasteiger partial charge on any atom is 0.410 e. The number of ether oxygens (including phenoxy) is 3. The zero-order valence-corrected chi connectivity index (χ0v) is 30.9. The van der Waals surface area contributed by atoms with Gasteiger partial charge in [0.05, 0.1) is 25.0 Å². The van der Waals surface area contributed by atoms with Crippen molar-refractivity contribution in [2.45, 2.75) is 123 Å².